The molecule has 0 unspecified atom stereocenters. The van der Waals surface area contributed by atoms with E-state index < -0.39 is 5.91 Å². The fraction of sp³-hybridized carbons (Fsp3) is 0.211. The van der Waals surface area contributed by atoms with Gasteiger partial charge < -0.3 is 10.1 Å². The van der Waals surface area contributed by atoms with Crippen molar-refractivity contribution in [2.24, 2.45) is 7.05 Å². The van der Waals surface area contributed by atoms with Crippen LogP contribution in [0.3, 0.4) is 0 Å². The van der Waals surface area contributed by atoms with Gasteiger partial charge in [0.25, 0.3) is 5.91 Å². The van der Waals surface area contributed by atoms with Crippen LogP contribution in [0.2, 0.25) is 5.15 Å². The third kappa shape index (κ3) is 4.24. The number of aromatic nitrogens is 3. The molecule has 0 aliphatic heterocycles. The molecule has 1 aromatic carbocycles. The molecule has 2 N–H and O–H groups in total. The second-order valence-corrected chi connectivity index (χ2v) is 6.18. The summed E-state index contributed by atoms with van der Waals surface area (Å²) in [5.41, 5.74) is 5.63. The highest BCUT2D eigenvalue weighted by Crippen LogP contribution is 2.34. The SMILES string of the molecule is CCOc1cc(-c2ccnn2C)ccc1Nc1cc(Cl)ncc1C(=O)NOC. The van der Waals surface area contributed by atoms with E-state index in [9.17, 15) is 4.79 Å². The van der Waals surface area contributed by atoms with Crippen LogP contribution in [0.4, 0.5) is 11.4 Å². The molecule has 0 bridgehead atoms. The molecule has 146 valence electrons. The van der Waals surface area contributed by atoms with E-state index in [1.165, 1.54) is 13.3 Å². The molecule has 0 spiro atoms. The molecule has 2 heterocycles. The molecular weight excluding hydrogens is 382 g/mol. The summed E-state index contributed by atoms with van der Waals surface area (Å²) in [5.74, 6) is 0.186. The van der Waals surface area contributed by atoms with Crippen LogP contribution in [0.15, 0.2) is 42.7 Å². The van der Waals surface area contributed by atoms with E-state index in [0.29, 0.717) is 23.7 Å². The van der Waals surface area contributed by atoms with Gasteiger partial charge in [-0.25, -0.2) is 10.5 Å². The topological polar surface area (TPSA) is 90.3 Å². The number of hydrogen-bond acceptors (Lipinski definition) is 6. The van der Waals surface area contributed by atoms with E-state index >= 15 is 0 Å². The zero-order valence-electron chi connectivity index (χ0n) is 15.7. The largest absolute Gasteiger partial charge is 0.492 e. The first kappa shape index (κ1) is 19.7. The highest BCUT2D eigenvalue weighted by Gasteiger charge is 2.16. The van der Waals surface area contributed by atoms with Crippen LogP contribution in [-0.2, 0) is 11.9 Å². The Balaban J connectivity index is 1.99. The molecule has 0 aliphatic carbocycles. The summed E-state index contributed by atoms with van der Waals surface area (Å²) in [7, 11) is 3.24. The van der Waals surface area contributed by atoms with E-state index in [1.54, 1.807) is 16.9 Å². The molecule has 9 heteroatoms. The summed E-state index contributed by atoms with van der Waals surface area (Å²) in [4.78, 5) is 20.9. The van der Waals surface area contributed by atoms with Crippen LogP contribution in [0.1, 0.15) is 17.3 Å². The van der Waals surface area contributed by atoms with Gasteiger partial charge in [-0.3, -0.25) is 14.3 Å². The van der Waals surface area contributed by atoms with Gasteiger partial charge in [0.2, 0.25) is 0 Å². The highest BCUT2D eigenvalue weighted by molar-refractivity contribution is 6.29. The molecule has 0 saturated heterocycles. The maximum atomic E-state index is 12.2. The predicted octanol–water partition coefficient (Wildman–Crippen LogP) is 3.57. The van der Waals surface area contributed by atoms with Crippen molar-refractivity contribution < 1.29 is 14.4 Å². The number of rotatable bonds is 7. The predicted molar refractivity (Wildman–Crippen MR) is 107 cm³/mol. The van der Waals surface area contributed by atoms with E-state index in [0.717, 1.165) is 11.3 Å². The number of hydroxylamine groups is 1. The first-order valence-electron chi connectivity index (χ1n) is 8.54. The van der Waals surface area contributed by atoms with Crippen molar-refractivity contribution in [1.82, 2.24) is 20.2 Å². The van der Waals surface area contributed by atoms with Crippen LogP contribution in [-0.4, -0.2) is 34.4 Å². The number of anilines is 2. The lowest BCUT2D eigenvalue weighted by Crippen LogP contribution is -2.23. The summed E-state index contributed by atoms with van der Waals surface area (Å²) in [6, 6.07) is 9.23. The first-order chi connectivity index (χ1) is 13.5. The maximum absolute atomic E-state index is 12.2. The van der Waals surface area contributed by atoms with Crippen molar-refractivity contribution in [2.45, 2.75) is 6.92 Å². The fourth-order valence-electron chi connectivity index (χ4n) is 2.72. The molecule has 8 nitrogen and oxygen atoms in total. The van der Waals surface area contributed by atoms with Gasteiger partial charge in [0.05, 0.1) is 36.3 Å². The van der Waals surface area contributed by atoms with Gasteiger partial charge in [0.15, 0.2) is 0 Å². The normalized spacial score (nSPS) is 10.6. The third-order valence-corrected chi connectivity index (χ3v) is 4.18. The number of halogens is 1. The second-order valence-electron chi connectivity index (χ2n) is 5.80. The lowest BCUT2D eigenvalue weighted by atomic mass is 10.1. The number of benzene rings is 1. The number of ether oxygens (including phenoxy) is 1. The summed E-state index contributed by atoms with van der Waals surface area (Å²) >= 11 is 6.02. The van der Waals surface area contributed by atoms with Gasteiger partial charge >= 0.3 is 0 Å². The van der Waals surface area contributed by atoms with Crippen molar-refractivity contribution in [3.63, 3.8) is 0 Å². The van der Waals surface area contributed by atoms with Crippen LogP contribution >= 0.6 is 11.6 Å². The number of amides is 1. The van der Waals surface area contributed by atoms with E-state index in [1.807, 2.05) is 38.2 Å². The van der Waals surface area contributed by atoms with Crippen molar-refractivity contribution in [1.29, 1.82) is 0 Å². The van der Waals surface area contributed by atoms with Crippen LogP contribution in [0.25, 0.3) is 11.3 Å². The van der Waals surface area contributed by atoms with Crippen molar-refractivity contribution in [3.8, 4) is 17.0 Å². The molecule has 0 fully saturated rings. The highest BCUT2D eigenvalue weighted by atomic mass is 35.5. The number of carbonyl (C=O) groups is 1. The Kier molecular flexibility index (Phi) is 6.13. The van der Waals surface area contributed by atoms with Crippen LogP contribution < -0.4 is 15.5 Å². The summed E-state index contributed by atoms with van der Waals surface area (Å²) < 4.78 is 7.59. The number of pyridine rings is 1. The summed E-state index contributed by atoms with van der Waals surface area (Å²) in [5, 5.41) is 7.66. The minimum atomic E-state index is -0.446. The fourth-order valence-corrected chi connectivity index (χ4v) is 2.88. The van der Waals surface area contributed by atoms with Gasteiger partial charge in [-0.15, -0.1) is 0 Å². The zero-order valence-corrected chi connectivity index (χ0v) is 16.4. The number of nitrogens with one attached hydrogen (secondary N) is 2. The third-order valence-electron chi connectivity index (χ3n) is 3.98. The number of hydrogen-bond donors (Lipinski definition) is 2. The Hall–Kier alpha value is -3.10. The maximum Gasteiger partial charge on any atom is 0.278 e. The molecule has 0 atom stereocenters. The van der Waals surface area contributed by atoms with Crippen molar-refractivity contribution in [2.75, 3.05) is 19.0 Å². The lowest BCUT2D eigenvalue weighted by Gasteiger charge is -2.16. The Morgan fingerprint density at radius 1 is 1.25 bits per heavy atom. The number of aryl methyl sites for hydroxylation is 1. The molecule has 0 aliphatic rings. The van der Waals surface area contributed by atoms with E-state index in [-0.39, 0.29) is 10.7 Å². The molecule has 0 saturated carbocycles. The van der Waals surface area contributed by atoms with Crippen molar-refractivity contribution >= 4 is 28.9 Å². The average molecular weight is 402 g/mol. The molecule has 2 aromatic heterocycles. The van der Waals surface area contributed by atoms with E-state index in [2.05, 4.69) is 20.9 Å². The molecule has 28 heavy (non-hydrogen) atoms. The monoisotopic (exact) mass is 401 g/mol. The van der Waals surface area contributed by atoms with Gasteiger partial charge in [-0.05, 0) is 31.2 Å². The van der Waals surface area contributed by atoms with Gasteiger partial charge in [-0.2, -0.15) is 5.10 Å². The lowest BCUT2D eigenvalue weighted by molar-refractivity contribution is 0.0538. The number of carbonyl (C=O) groups excluding carboxylic acids is 1. The molecule has 3 aromatic rings. The molecule has 0 radical (unpaired) electrons. The van der Waals surface area contributed by atoms with Crippen LogP contribution in [0.5, 0.6) is 5.75 Å². The summed E-state index contributed by atoms with van der Waals surface area (Å²) in [6.45, 7) is 2.39. The first-order valence-corrected chi connectivity index (χ1v) is 8.92. The summed E-state index contributed by atoms with van der Waals surface area (Å²) in [6.07, 6.45) is 3.12. The zero-order chi connectivity index (χ0) is 20.1. The Labute approximate surface area is 167 Å². The Morgan fingerprint density at radius 2 is 2.07 bits per heavy atom. The van der Waals surface area contributed by atoms with E-state index in [4.69, 9.17) is 21.2 Å². The smallest absolute Gasteiger partial charge is 0.278 e. The quantitative estimate of drug-likeness (QED) is 0.464. The average Bonchev–Trinajstić information content (AvgIpc) is 3.09. The van der Waals surface area contributed by atoms with Crippen molar-refractivity contribution in [3.05, 3.63) is 53.4 Å². The molecule has 3 rings (SSSR count). The van der Waals surface area contributed by atoms with Gasteiger partial charge in [0.1, 0.15) is 10.9 Å². The number of nitrogens with zero attached hydrogens (tertiary/aromatic N) is 3. The van der Waals surface area contributed by atoms with Gasteiger partial charge in [0, 0.05) is 25.0 Å². The van der Waals surface area contributed by atoms with Crippen LogP contribution in [0, 0.1) is 0 Å². The minimum Gasteiger partial charge on any atom is -0.492 e. The van der Waals surface area contributed by atoms with Gasteiger partial charge in [-0.1, -0.05) is 17.7 Å². The second kappa shape index (κ2) is 8.73. The minimum absolute atomic E-state index is 0.251. The Morgan fingerprint density at radius 3 is 2.75 bits per heavy atom. The standard InChI is InChI=1S/C19H20ClN5O3/c1-4-28-17-9-12(16-7-8-22-25(16)2)5-6-14(17)23-15-10-18(20)21-11-13(15)19(26)24-27-3/h5-11H,4H2,1-3H3,(H,21,23)(H,24,26). The molecule has 1 amide bonds. The molecular formula is C19H20ClN5O3. The Bertz CT molecular complexity index is 989.